The summed E-state index contributed by atoms with van der Waals surface area (Å²) in [5.41, 5.74) is 1.08. The van der Waals surface area contributed by atoms with Crippen LogP contribution < -0.4 is 0 Å². The minimum Gasteiger partial charge on any atom is -0.475 e. The Labute approximate surface area is 180 Å². The van der Waals surface area contributed by atoms with Gasteiger partial charge in [-0.05, 0) is 42.0 Å². The normalized spacial score (nSPS) is 22.9. The maximum atomic E-state index is 12.8. The van der Waals surface area contributed by atoms with Gasteiger partial charge in [-0.15, -0.1) is 11.3 Å². The van der Waals surface area contributed by atoms with Gasteiger partial charge in [0.15, 0.2) is 0 Å². The Bertz CT molecular complexity index is 863. The van der Waals surface area contributed by atoms with Crippen molar-refractivity contribution in [1.82, 2.24) is 9.88 Å². The van der Waals surface area contributed by atoms with Crippen LogP contribution in [0.25, 0.3) is 0 Å². The summed E-state index contributed by atoms with van der Waals surface area (Å²) in [6.07, 6.45) is 0.320. The number of hydrogen-bond donors (Lipinski definition) is 1. The molecular weight excluding hydrogens is 437 g/mol. The third-order valence-corrected chi connectivity index (χ3v) is 5.78. The molecule has 2 aliphatic rings. The summed E-state index contributed by atoms with van der Waals surface area (Å²) < 4.78 is 43.8. The molecule has 7 nitrogen and oxygen atoms in total. The fraction of sp³-hybridized carbons (Fsp3) is 0.450. The summed E-state index contributed by atoms with van der Waals surface area (Å²) in [7, 11) is 0. The van der Waals surface area contributed by atoms with Crippen LogP contribution in [0.15, 0.2) is 42.0 Å². The van der Waals surface area contributed by atoms with E-state index in [2.05, 4.69) is 4.98 Å². The van der Waals surface area contributed by atoms with Crippen LogP contribution in [0.2, 0.25) is 0 Å². The van der Waals surface area contributed by atoms with Crippen LogP contribution in [0.5, 0.6) is 0 Å². The van der Waals surface area contributed by atoms with Crippen molar-refractivity contribution in [1.29, 1.82) is 0 Å². The molecule has 3 atom stereocenters. The predicted octanol–water partition coefficient (Wildman–Crippen LogP) is 3.37. The smallest absolute Gasteiger partial charge is 0.475 e. The zero-order valence-electron chi connectivity index (χ0n) is 16.3. The third kappa shape index (κ3) is 6.02. The molecule has 2 aliphatic heterocycles. The number of likely N-dealkylation sites (tertiary alicyclic amines) is 1. The molecule has 2 aromatic heterocycles. The van der Waals surface area contributed by atoms with Gasteiger partial charge in [0.25, 0.3) is 5.91 Å². The van der Waals surface area contributed by atoms with E-state index < -0.39 is 12.1 Å². The first-order chi connectivity index (χ1) is 14.8. The van der Waals surface area contributed by atoms with E-state index in [1.807, 2.05) is 34.5 Å². The van der Waals surface area contributed by atoms with Crippen LogP contribution in [-0.4, -0.2) is 64.4 Å². The summed E-state index contributed by atoms with van der Waals surface area (Å²) in [6, 6.07) is 7.82. The van der Waals surface area contributed by atoms with Gasteiger partial charge in [0.2, 0.25) is 0 Å². The Morgan fingerprint density at radius 2 is 2.00 bits per heavy atom. The summed E-state index contributed by atoms with van der Waals surface area (Å²) in [5.74, 6) is -2.66. The first kappa shape index (κ1) is 23.2. The second kappa shape index (κ2) is 10.2. The molecule has 2 fully saturated rings. The molecule has 0 aliphatic carbocycles. The molecular formula is C20H21F3N2O5S. The molecule has 31 heavy (non-hydrogen) atoms. The lowest BCUT2D eigenvalue weighted by atomic mass is 10.0. The monoisotopic (exact) mass is 458 g/mol. The van der Waals surface area contributed by atoms with Crippen molar-refractivity contribution in [3.8, 4) is 0 Å². The Kier molecular flexibility index (Phi) is 7.63. The van der Waals surface area contributed by atoms with E-state index >= 15 is 0 Å². The lowest BCUT2D eigenvalue weighted by Gasteiger charge is -2.32. The van der Waals surface area contributed by atoms with E-state index in [0.717, 1.165) is 29.9 Å². The Morgan fingerprint density at radius 1 is 1.29 bits per heavy atom. The topological polar surface area (TPSA) is 89.0 Å². The highest BCUT2D eigenvalue weighted by Crippen LogP contribution is 2.32. The van der Waals surface area contributed by atoms with E-state index in [9.17, 15) is 18.0 Å². The molecule has 2 saturated heterocycles. The lowest BCUT2D eigenvalue weighted by molar-refractivity contribution is -0.192. The molecule has 1 N–H and O–H groups in total. The highest BCUT2D eigenvalue weighted by atomic mass is 32.1. The maximum Gasteiger partial charge on any atom is 0.490 e. The van der Waals surface area contributed by atoms with Gasteiger partial charge in [0.1, 0.15) is 12.2 Å². The average molecular weight is 458 g/mol. The van der Waals surface area contributed by atoms with Gasteiger partial charge in [0, 0.05) is 19.0 Å². The Morgan fingerprint density at radius 3 is 2.61 bits per heavy atom. The van der Waals surface area contributed by atoms with E-state index in [1.54, 1.807) is 12.4 Å². The zero-order valence-corrected chi connectivity index (χ0v) is 17.1. The average Bonchev–Trinajstić information content (AvgIpc) is 3.41. The number of thiophene rings is 1. The zero-order chi connectivity index (χ0) is 22.4. The van der Waals surface area contributed by atoms with Gasteiger partial charge in [-0.1, -0.05) is 6.07 Å². The van der Waals surface area contributed by atoms with Crippen molar-refractivity contribution >= 4 is 23.2 Å². The van der Waals surface area contributed by atoms with Gasteiger partial charge < -0.3 is 19.5 Å². The summed E-state index contributed by atoms with van der Waals surface area (Å²) in [4.78, 5) is 28.5. The minimum absolute atomic E-state index is 0.0236. The predicted molar refractivity (Wildman–Crippen MR) is 105 cm³/mol. The summed E-state index contributed by atoms with van der Waals surface area (Å²) in [6.45, 7) is 1.86. The molecule has 1 amide bonds. The first-order valence-electron chi connectivity index (χ1n) is 9.54. The molecule has 0 unspecified atom stereocenters. The van der Waals surface area contributed by atoms with Gasteiger partial charge in [-0.3, -0.25) is 9.78 Å². The number of hydrogen-bond acceptors (Lipinski definition) is 6. The molecule has 4 heterocycles. The van der Waals surface area contributed by atoms with Crippen LogP contribution in [0.4, 0.5) is 13.2 Å². The number of alkyl halides is 3. The van der Waals surface area contributed by atoms with E-state index in [1.165, 1.54) is 11.3 Å². The number of aromatic nitrogens is 1. The molecule has 168 valence electrons. The van der Waals surface area contributed by atoms with Crippen LogP contribution in [0, 0.1) is 0 Å². The summed E-state index contributed by atoms with van der Waals surface area (Å²) in [5, 5.41) is 9.07. The Hall–Kier alpha value is -2.50. The summed E-state index contributed by atoms with van der Waals surface area (Å²) >= 11 is 1.49. The third-order valence-electron chi connectivity index (χ3n) is 4.93. The molecule has 0 spiro atoms. The highest BCUT2D eigenvalue weighted by molar-refractivity contribution is 7.12. The number of carboxylic acids is 1. The molecule has 0 bridgehead atoms. The van der Waals surface area contributed by atoms with Crippen molar-refractivity contribution < 1.29 is 37.3 Å². The number of nitrogens with zero attached hydrogens (tertiary/aromatic N) is 2. The molecule has 0 aromatic carbocycles. The largest absolute Gasteiger partial charge is 0.490 e. The van der Waals surface area contributed by atoms with Gasteiger partial charge in [-0.25, -0.2) is 4.79 Å². The fourth-order valence-electron chi connectivity index (χ4n) is 3.51. The van der Waals surface area contributed by atoms with Crippen LogP contribution in [-0.2, 0) is 20.9 Å². The second-order valence-corrected chi connectivity index (χ2v) is 7.94. The van der Waals surface area contributed by atoms with E-state index in [0.29, 0.717) is 13.2 Å². The highest BCUT2D eigenvalue weighted by Gasteiger charge is 2.47. The number of ether oxygens (including phenoxy) is 2. The van der Waals surface area contributed by atoms with Gasteiger partial charge in [-0.2, -0.15) is 13.2 Å². The van der Waals surface area contributed by atoms with Crippen molar-refractivity contribution in [3.05, 3.63) is 52.5 Å². The van der Waals surface area contributed by atoms with Crippen molar-refractivity contribution in [3.63, 3.8) is 0 Å². The van der Waals surface area contributed by atoms with Crippen LogP contribution >= 0.6 is 11.3 Å². The van der Waals surface area contributed by atoms with Crippen molar-refractivity contribution in [2.75, 3.05) is 13.2 Å². The molecule has 11 heteroatoms. The molecule has 0 radical (unpaired) electrons. The van der Waals surface area contributed by atoms with Crippen LogP contribution in [0.3, 0.4) is 0 Å². The Balaban J connectivity index is 0.000000339. The van der Waals surface area contributed by atoms with Gasteiger partial charge >= 0.3 is 12.1 Å². The number of carboxylic acid groups (broad SMARTS) is 1. The minimum atomic E-state index is -5.08. The van der Waals surface area contributed by atoms with Crippen molar-refractivity contribution in [2.45, 2.75) is 43.9 Å². The number of carbonyl (C=O) groups is 2. The number of halogens is 3. The lowest BCUT2D eigenvalue weighted by Crippen LogP contribution is -2.43. The maximum absolute atomic E-state index is 12.8. The van der Waals surface area contributed by atoms with E-state index in [4.69, 9.17) is 19.4 Å². The molecule has 0 saturated carbocycles. The fourth-order valence-corrected chi connectivity index (χ4v) is 4.19. The standard InChI is InChI=1S/C18H20N2O3S.C2HF3O2/c21-18(16-4-2-10-24-16)20-11-15(17-14(20)3-1-9-22-17)23-12-13-5-7-19-8-6-13;3-2(4,5)1(6)7/h2,4-8,10,14-15,17H,1,3,9,11-12H2;(H,6,7)/t14-,15+,17+;/m1./s1. The number of amides is 1. The van der Waals surface area contributed by atoms with Crippen molar-refractivity contribution in [2.24, 2.45) is 0 Å². The number of carbonyl (C=O) groups excluding carboxylic acids is 1. The number of fused-ring (bicyclic) bond motifs is 1. The number of pyridine rings is 1. The second-order valence-electron chi connectivity index (χ2n) is 6.99. The molecule has 2 aromatic rings. The SMILES string of the molecule is O=C(O)C(F)(F)F.O=C(c1cccs1)N1C[C@H](OCc2ccncc2)[C@H]2OCCC[C@H]21. The quantitative estimate of drug-likeness (QED) is 0.756. The van der Waals surface area contributed by atoms with Gasteiger partial charge in [0.05, 0.1) is 24.1 Å². The first-order valence-corrected chi connectivity index (χ1v) is 10.4. The number of rotatable bonds is 4. The van der Waals surface area contributed by atoms with E-state index in [-0.39, 0.29) is 24.2 Å². The molecule has 4 rings (SSSR count). The number of aliphatic carboxylic acids is 1. The van der Waals surface area contributed by atoms with Crippen LogP contribution in [0.1, 0.15) is 28.1 Å².